The normalized spacial score (nSPS) is 17.0. The van der Waals surface area contributed by atoms with Crippen LogP contribution in [0.15, 0.2) is 53.4 Å². The van der Waals surface area contributed by atoms with Crippen molar-refractivity contribution in [3.63, 3.8) is 0 Å². The number of amides is 1. The van der Waals surface area contributed by atoms with Crippen LogP contribution in [-0.2, 0) is 19.6 Å². The van der Waals surface area contributed by atoms with Gasteiger partial charge in [-0.3, -0.25) is 14.3 Å². The van der Waals surface area contributed by atoms with Gasteiger partial charge in [0.05, 0.1) is 23.6 Å². The Hall–Kier alpha value is -3.07. The molecule has 0 aliphatic carbocycles. The fourth-order valence-electron chi connectivity index (χ4n) is 2.83. The molecular formula is C18H18N2O6S. The van der Waals surface area contributed by atoms with Crippen LogP contribution in [0.25, 0.3) is 0 Å². The van der Waals surface area contributed by atoms with E-state index in [1.165, 1.54) is 36.3 Å². The summed E-state index contributed by atoms with van der Waals surface area (Å²) >= 11 is 0. The number of benzene rings is 2. The zero-order chi connectivity index (χ0) is 19.6. The third kappa shape index (κ3) is 4.03. The lowest BCUT2D eigenvalue weighted by Crippen LogP contribution is -2.25. The molecule has 1 aliphatic rings. The third-order valence-electron chi connectivity index (χ3n) is 4.25. The van der Waals surface area contributed by atoms with E-state index in [1.54, 1.807) is 24.3 Å². The summed E-state index contributed by atoms with van der Waals surface area (Å²) in [5.74, 6) is -1.55. The van der Waals surface area contributed by atoms with Gasteiger partial charge >= 0.3 is 5.97 Å². The zero-order valence-electron chi connectivity index (χ0n) is 14.5. The van der Waals surface area contributed by atoms with Crippen molar-refractivity contribution in [2.45, 2.75) is 11.3 Å². The number of ether oxygens (including phenoxy) is 1. The first kappa shape index (κ1) is 18.7. The van der Waals surface area contributed by atoms with E-state index in [9.17, 15) is 18.0 Å². The van der Waals surface area contributed by atoms with Crippen LogP contribution in [-0.4, -0.2) is 39.1 Å². The molecule has 0 bridgehead atoms. The first-order chi connectivity index (χ1) is 12.8. The van der Waals surface area contributed by atoms with E-state index >= 15 is 0 Å². The first-order valence-corrected chi connectivity index (χ1v) is 9.58. The van der Waals surface area contributed by atoms with E-state index in [1.807, 2.05) is 0 Å². The number of nitrogens with one attached hydrogen (secondary N) is 1. The number of carbonyl (C=O) groups excluding carboxylic acids is 1. The highest BCUT2D eigenvalue weighted by Gasteiger charge is 2.35. The molecule has 1 amide bonds. The molecule has 1 fully saturated rings. The molecule has 1 unspecified atom stereocenters. The van der Waals surface area contributed by atoms with Gasteiger partial charge in [0.2, 0.25) is 5.91 Å². The lowest BCUT2D eigenvalue weighted by molar-refractivity contribution is -0.141. The van der Waals surface area contributed by atoms with E-state index < -0.39 is 21.9 Å². The Labute approximate surface area is 156 Å². The average Bonchev–Trinajstić information content (AvgIpc) is 3.04. The predicted octanol–water partition coefficient (Wildman–Crippen LogP) is 1.93. The van der Waals surface area contributed by atoms with Crippen LogP contribution in [0.4, 0.5) is 11.4 Å². The van der Waals surface area contributed by atoms with E-state index in [0.29, 0.717) is 17.1 Å². The summed E-state index contributed by atoms with van der Waals surface area (Å²) in [4.78, 5) is 24.4. The standard InChI is InChI=1S/C18H18N2O6S/c1-26-15-4-2-3-13(10-15)19-27(24,25)16-7-5-14(6-8-16)20-11-12(18(22)23)9-17(20)21/h2-8,10,12,19H,9,11H2,1H3,(H,22,23). The van der Waals surface area contributed by atoms with Crippen molar-refractivity contribution in [1.82, 2.24) is 0 Å². The molecule has 0 radical (unpaired) electrons. The molecule has 0 saturated carbocycles. The highest BCUT2D eigenvalue weighted by Crippen LogP contribution is 2.27. The molecule has 2 N–H and O–H groups in total. The summed E-state index contributed by atoms with van der Waals surface area (Å²) in [6.45, 7) is 0.0717. The Morgan fingerprint density at radius 3 is 2.52 bits per heavy atom. The molecule has 1 atom stereocenters. The van der Waals surface area contributed by atoms with E-state index in [0.717, 1.165) is 0 Å². The van der Waals surface area contributed by atoms with Gasteiger partial charge in [0.1, 0.15) is 5.75 Å². The molecule has 9 heteroatoms. The summed E-state index contributed by atoms with van der Waals surface area (Å²) in [6, 6.07) is 12.2. The SMILES string of the molecule is COc1cccc(NS(=O)(=O)c2ccc(N3CC(C(=O)O)CC3=O)cc2)c1. The number of aliphatic carboxylic acids is 1. The highest BCUT2D eigenvalue weighted by molar-refractivity contribution is 7.92. The molecule has 2 aromatic carbocycles. The fourth-order valence-corrected chi connectivity index (χ4v) is 3.88. The highest BCUT2D eigenvalue weighted by atomic mass is 32.2. The molecule has 142 valence electrons. The number of rotatable bonds is 6. The second kappa shape index (κ2) is 7.28. The summed E-state index contributed by atoms with van der Waals surface area (Å²) in [6.07, 6.45) is -0.0627. The van der Waals surface area contributed by atoms with Gasteiger partial charge in [0, 0.05) is 24.7 Å². The van der Waals surface area contributed by atoms with Crippen LogP contribution in [0, 0.1) is 5.92 Å². The van der Waals surface area contributed by atoms with Crippen molar-refractivity contribution >= 4 is 33.3 Å². The topological polar surface area (TPSA) is 113 Å². The Kier molecular flexibility index (Phi) is 5.04. The Morgan fingerprint density at radius 1 is 1.22 bits per heavy atom. The largest absolute Gasteiger partial charge is 0.497 e. The number of nitrogens with zero attached hydrogens (tertiary/aromatic N) is 1. The lowest BCUT2D eigenvalue weighted by atomic mass is 10.1. The Bertz CT molecular complexity index is 972. The Balaban J connectivity index is 1.78. The maximum absolute atomic E-state index is 12.5. The summed E-state index contributed by atoms with van der Waals surface area (Å²) in [5.41, 5.74) is 0.821. The van der Waals surface area contributed by atoms with Crippen LogP contribution in [0.1, 0.15) is 6.42 Å². The van der Waals surface area contributed by atoms with Crippen LogP contribution in [0.5, 0.6) is 5.75 Å². The van der Waals surface area contributed by atoms with Gasteiger partial charge < -0.3 is 14.7 Å². The average molecular weight is 390 g/mol. The minimum absolute atomic E-state index is 0.0236. The number of methoxy groups -OCH3 is 1. The van der Waals surface area contributed by atoms with E-state index in [4.69, 9.17) is 9.84 Å². The molecule has 27 heavy (non-hydrogen) atoms. The first-order valence-electron chi connectivity index (χ1n) is 8.10. The minimum atomic E-state index is -3.82. The molecule has 2 aromatic rings. The molecule has 1 heterocycles. The predicted molar refractivity (Wildman–Crippen MR) is 98.3 cm³/mol. The number of carboxylic acids is 1. The van der Waals surface area contributed by atoms with Crippen LogP contribution in [0.3, 0.4) is 0 Å². The monoisotopic (exact) mass is 390 g/mol. The quantitative estimate of drug-likeness (QED) is 0.779. The molecule has 0 spiro atoms. The smallest absolute Gasteiger partial charge is 0.308 e. The van der Waals surface area contributed by atoms with E-state index in [-0.39, 0.29) is 23.8 Å². The van der Waals surface area contributed by atoms with Gasteiger partial charge in [-0.25, -0.2) is 8.42 Å². The second-order valence-electron chi connectivity index (χ2n) is 6.07. The molecule has 3 rings (SSSR count). The number of anilines is 2. The van der Waals surface area contributed by atoms with Gasteiger partial charge in [-0.15, -0.1) is 0 Å². The number of hydrogen-bond acceptors (Lipinski definition) is 5. The van der Waals surface area contributed by atoms with Crippen molar-refractivity contribution in [2.75, 3.05) is 23.3 Å². The second-order valence-corrected chi connectivity index (χ2v) is 7.76. The molecular weight excluding hydrogens is 372 g/mol. The maximum Gasteiger partial charge on any atom is 0.308 e. The van der Waals surface area contributed by atoms with Crippen molar-refractivity contribution in [2.24, 2.45) is 5.92 Å². The van der Waals surface area contributed by atoms with Crippen LogP contribution < -0.4 is 14.4 Å². The van der Waals surface area contributed by atoms with Crippen molar-refractivity contribution in [1.29, 1.82) is 0 Å². The summed E-state index contributed by atoms with van der Waals surface area (Å²) in [7, 11) is -2.33. The number of carbonyl (C=O) groups is 2. The fraction of sp³-hybridized carbons (Fsp3) is 0.222. The van der Waals surface area contributed by atoms with E-state index in [2.05, 4.69) is 4.72 Å². The molecule has 8 nitrogen and oxygen atoms in total. The third-order valence-corrected chi connectivity index (χ3v) is 5.65. The van der Waals surface area contributed by atoms with Crippen LogP contribution in [0.2, 0.25) is 0 Å². The van der Waals surface area contributed by atoms with Crippen LogP contribution >= 0.6 is 0 Å². The van der Waals surface area contributed by atoms with Crippen molar-refractivity contribution < 1.29 is 27.9 Å². The molecule has 1 aliphatic heterocycles. The van der Waals surface area contributed by atoms with Gasteiger partial charge in [-0.2, -0.15) is 0 Å². The number of sulfonamides is 1. The van der Waals surface area contributed by atoms with Gasteiger partial charge in [0.15, 0.2) is 0 Å². The summed E-state index contributed by atoms with van der Waals surface area (Å²) < 4.78 is 32.6. The molecule has 0 aromatic heterocycles. The summed E-state index contributed by atoms with van der Waals surface area (Å²) in [5, 5.41) is 9.05. The zero-order valence-corrected chi connectivity index (χ0v) is 15.3. The number of hydrogen-bond donors (Lipinski definition) is 2. The maximum atomic E-state index is 12.5. The van der Waals surface area contributed by atoms with Crippen molar-refractivity contribution in [3.8, 4) is 5.75 Å². The van der Waals surface area contributed by atoms with Crippen molar-refractivity contribution in [3.05, 3.63) is 48.5 Å². The lowest BCUT2D eigenvalue weighted by Gasteiger charge is -2.16. The van der Waals surface area contributed by atoms with Gasteiger partial charge in [-0.1, -0.05) is 6.07 Å². The molecule has 1 saturated heterocycles. The Morgan fingerprint density at radius 2 is 1.93 bits per heavy atom. The number of carboxylic acid groups (broad SMARTS) is 1. The van der Waals surface area contributed by atoms with Gasteiger partial charge in [0.25, 0.3) is 10.0 Å². The van der Waals surface area contributed by atoms with Gasteiger partial charge in [-0.05, 0) is 36.4 Å². The minimum Gasteiger partial charge on any atom is -0.497 e.